The average molecular weight is 399 g/mol. The Morgan fingerprint density at radius 1 is 1.33 bits per heavy atom. The highest BCUT2D eigenvalue weighted by molar-refractivity contribution is 9.10. The number of aliphatic carboxylic acids is 1. The number of hydrogen-bond donors (Lipinski definition) is 1. The van der Waals surface area contributed by atoms with E-state index < -0.39 is 11.9 Å². The van der Waals surface area contributed by atoms with Gasteiger partial charge in [-0.2, -0.15) is 0 Å². The highest BCUT2D eigenvalue weighted by Gasteiger charge is 2.41. The molecule has 0 aromatic carbocycles. The summed E-state index contributed by atoms with van der Waals surface area (Å²) < 4.78 is 8.54. The summed E-state index contributed by atoms with van der Waals surface area (Å²) in [6.45, 7) is 4.60. The van der Waals surface area contributed by atoms with E-state index in [4.69, 9.17) is 4.74 Å². The molecule has 0 bridgehead atoms. The summed E-state index contributed by atoms with van der Waals surface area (Å²) in [5.41, 5.74) is 0.698. The molecular weight excluding hydrogens is 376 g/mol. The third-order valence-corrected chi connectivity index (χ3v) is 5.60. The summed E-state index contributed by atoms with van der Waals surface area (Å²) in [4.78, 5) is 26.0. The van der Waals surface area contributed by atoms with Crippen LogP contribution in [0.1, 0.15) is 36.7 Å². The third kappa shape index (κ3) is 3.37. The van der Waals surface area contributed by atoms with E-state index in [1.165, 1.54) is 0 Å². The van der Waals surface area contributed by atoms with Crippen LogP contribution in [0.3, 0.4) is 0 Å². The van der Waals surface area contributed by atoms with Crippen LogP contribution >= 0.6 is 15.9 Å². The predicted octanol–water partition coefficient (Wildman–Crippen LogP) is 2.61. The molecule has 1 unspecified atom stereocenters. The number of carboxylic acid groups (broad SMARTS) is 1. The minimum absolute atomic E-state index is 0.0446. The fourth-order valence-electron chi connectivity index (χ4n) is 3.85. The lowest BCUT2D eigenvalue weighted by Crippen LogP contribution is -2.43. The molecule has 0 spiro atoms. The second-order valence-electron chi connectivity index (χ2n) is 6.53. The van der Waals surface area contributed by atoms with Crippen LogP contribution in [0.25, 0.3) is 0 Å². The number of likely N-dealkylation sites (tertiary alicyclic amines) is 1. The topological polar surface area (TPSA) is 71.8 Å². The molecule has 1 amide bonds. The Balaban J connectivity index is 1.62. The lowest BCUT2D eigenvalue weighted by atomic mass is 9.84. The van der Waals surface area contributed by atoms with E-state index in [1.54, 1.807) is 0 Å². The smallest absolute Gasteiger partial charge is 0.309 e. The molecule has 3 rings (SSSR count). The first-order chi connectivity index (χ1) is 11.5. The van der Waals surface area contributed by atoms with Gasteiger partial charge in [0, 0.05) is 36.9 Å². The molecule has 2 aliphatic rings. The molecule has 24 heavy (non-hydrogen) atoms. The van der Waals surface area contributed by atoms with Crippen molar-refractivity contribution in [3.05, 3.63) is 22.4 Å². The Hall–Kier alpha value is -1.34. The zero-order valence-corrected chi connectivity index (χ0v) is 15.4. The van der Waals surface area contributed by atoms with E-state index >= 15 is 0 Å². The molecule has 7 heteroatoms. The molecule has 2 atom stereocenters. The van der Waals surface area contributed by atoms with E-state index in [-0.39, 0.29) is 17.9 Å². The van der Waals surface area contributed by atoms with Gasteiger partial charge in [-0.15, -0.1) is 0 Å². The molecule has 0 radical (unpaired) electrons. The molecule has 3 heterocycles. The SMILES string of the molecule is CCn1cc(Br)cc1C(=O)N1CCC([C@@H]2OCCC2C(=O)O)CC1. The van der Waals surface area contributed by atoms with Gasteiger partial charge >= 0.3 is 5.97 Å². The second-order valence-corrected chi connectivity index (χ2v) is 7.44. The summed E-state index contributed by atoms with van der Waals surface area (Å²) >= 11 is 3.43. The van der Waals surface area contributed by atoms with Crippen molar-refractivity contribution in [3.63, 3.8) is 0 Å². The first kappa shape index (κ1) is 17.5. The molecule has 2 saturated heterocycles. The number of hydrogen-bond acceptors (Lipinski definition) is 3. The maximum absolute atomic E-state index is 12.8. The summed E-state index contributed by atoms with van der Waals surface area (Å²) in [6, 6.07) is 1.86. The number of halogens is 1. The number of ether oxygens (including phenoxy) is 1. The van der Waals surface area contributed by atoms with E-state index in [9.17, 15) is 14.7 Å². The first-order valence-corrected chi connectivity index (χ1v) is 9.30. The molecule has 1 aromatic rings. The lowest BCUT2D eigenvalue weighted by Gasteiger charge is -2.35. The van der Waals surface area contributed by atoms with Crippen molar-refractivity contribution in [1.29, 1.82) is 0 Å². The standard InChI is InChI=1S/C17H23BrN2O4/c1-2-19-10-12(18)9-14(19)16(21)20-6-3-11(4-7-20)15-13(17(22)23)5-8-24-15/h9-11,13,15H,2-8H2,1H3,(H,22,23)/t13?,15-/m0/s1. The molecule has 6 nitrogen and oxygen atoms in total. The van der Waals surface area contributed by atoms with Gasteiger partial charge in [0.25, 0.3) is 5.91 Å². The zero-order chi connectivity index (χ0) is 17.3. The summed E-state index contributed by atoms with van der Waals surface area (Å²) in [7, 11) is 0. The molecule has 2 aliphatic heterocycles. The first-order valence-electron chi connectivity index (χ1n) is 8.50. The Labute approximate surface area is 149 Å². The number of rotatable bonds is 4. The van der Waals surface area contributed by atoms with Gasteiger partial charge in [0.05, 0.1) is 12.0 Å². The van der Waals surface area contributed by atoms with Crippen LogP contribution in [0.15, 0.2) is 16.7 Å². The highest BCUT2D eigenvalue weighted by Crippen LogP contribution is 2.33. The van der Waals surface area contributed by atoms with Crippen molar-refractivity contribution in [2.75, 3.05) is 19.7 Å². The van der Waals surface area contributed by atoms with Gasteiger partial charge in [-0.25, -0.2) is 0 Å². The van der Waals surface area contributed by atoms with Crippen LogP contribution in [0.4, 0.5) is 0 Å². The summed E-state index contributed by atoms with van der Waals surface area (Å²) in [5, 5.41) is 9.31. The summed E-state index contributed by atoms with van der Waals surface area (Å²) in [6.07, 6.45) is 3.91. The number of aryl methyl sites for hydroxylation is 1. The Morgan fingerprint density at radius 3 is 2.67 bits per heavy atom. The van der Waals surface area contributed by atoms with Crippen LogP contribution in [-0.4, -0.2) is 52.3 Å². The lowest BCUT2D eigenvalue weighted by molar-refractivity contribution is -0.145. The largest absolute Gasteiger partial charge is 0.481 e. The number of aromatic nitrogens is 1. The second kappa shape index (κ2) is 7.27. The highest BCUT2D eigenvalue weighted by atomic mass is 79.9. The predicted molar refractivity (Wildman–Crippen MR) is 91.9 cm³/mol. The fraction of sp³-hybridized carbons (Fsp3) is 0.647. The van der Waals surface area contributed by atoms with Gasteiger partial charge in [0.15, 0.2) is 0 Å². The quantitative estimate of drug-likeness (QED) is 0.845. The molecule has 2 fully saturated rings. The van der Waals surface area contributed by atoms with Crippen LogP contribution < -0.4 is 0 Å². The van der Waals surface area contributed by atoms with Crippen molar-refractivity contribution in [2.24, 2.45) is 11.8 Å². The van der Waals surface area contributed by atoms with Crippen molar-refractivity contribution in [3.8, 4) is 0 Å². The maximum Gasteiger partial charge on any atom is 0.309 e. The Kier molecular flexibility index (Phi) is 5.30. The van der Waals surface area contributed by atoms with Gasteiger partial charge in [-0.1, -0.05) is 0 Å². The van der Waals surface area contributed by atoms with Crippen LogP contribution in [0.5, 0.6) is 0 Å². The number of amides is 1. The van der Waals surface area contributed by atoms with E-state index in [0.717, 1.165) is 23.9 Å². The zero-order valence-electron chi connectivity index (χ0n) is 13.8. The number of carbonyl (C=O) groups is 2. The monoisotopic (exact) mass is 398 g/mol. The number of nitrogens with zero attached hydrogens (tertiary/aromatic N) is 2. The van der Waals surface area contributed by atoms with Gasteiger partial charge in [0.1, 0.15) is 5.69 Å². The van der Waals surface area contributed by atoms with Crippen molar-refractivity contribution in [1.82, 2.24) is 9.47 Å². The van der Waals surface area contributed by atoms with Crippen molar-refractivity contribution < 1.29 is 19.4 Å². The van der Waals surface area contributed by atoms with Gasteiger partial charge in [-0.3, -0.25) is 9.59 Å². The summed E-state index contributed by atoms with van der Waals surface area (Å²) in [5.74, 6) is -0.891. The third-order valence-electron chi connectivity index (χ3n) is 5.17. The van der Waals surface area contributed by atoms with Crippen LogP contribution in [0, 0.1) is 11.8 Å². The fourth-order valence-corrected chi connectivity index (χ4v) is 4.31. The van der Waals surface area contributed by atoms with Crippen LogP contribution in [0.2, 0.25) is 0 Å². The Morgan fingerprint density at radius 2 is 2.04 bits per heavy atom. The molecular formula is C17H23BrN2O4. The normalized spacial score (nSPS) is 25.2. The number of carbonyl (C=O) groups excluding carboxylic acids is 1. The van der Waals surface area contributed by atoms with Gasteiger partial charge in [-0.05, 0) is 54.1 Å². The van der Waals surface area contributed by atoms with E-state index in [1.807, 2.05) is 28.7 Å². The molecule has 0 aliphatic carbocycles. The maximum atomic E-state index is 12.8. The minimum Gasteiger partial charge on any atom is -0.481 e. The van der Waals surface area contributed by atoms with Crippen LogP contribution in [-0.2, 0) is 16.1 Å². The molecule has 132 valence electrons. The van der Waals surface area contributed by atoms with E-state index in [2.05, 4.69) is 15.9 Å². The van der Waals surface area contributed by atoms with Crippen molar-refractivity contribution in [2.45, 2.75) is 38.8 Å². The molecule has 0 saturated carbocycles. The number of piperidine rings is 1. The van der Waals surface area contributed by atoms with Gasteiger partial charge < -0.3 is 19.3 Å². The van der Waals surface area contributed by atoms with Gasteiger partial charge in [0.2, 0.25) is 0 Å². The Bertz CT molecular complexity index is 622. The molecule has 1 aromatic heterocycles. The van der Waals surface area contributed by atoms with Crippen molar-refractivity contribution >= 4 is 27.8 Å². The van der Waals surface area contributed by atoms with E-state index in [0.29, 0.717) is 31.8 Å². The average Bonchev–Trinajstić information content (AvgIpc) is 3.20. The number of carboxylic acids is 1. The molecule has 1 N–H and O–H groups in total. The minimum atomic E-state index is -0.762.